The van der Waals surface area contributed by atoms with Gasteiger partial charge in [0.25, 0.3) is 0 Å². The number of carbonyl (C=O) groups excluding carboxylic acids is 1. The molecule has 2 aliphatic rings. The van der Waals surface area contributed by atoms with Gasteiger partial charge in [-0.3, -0.25) is 9.59 Å². The monoisotopic (exact) mass is 318 g/mol. The van der Waals surface area contributed by atoms with E-state index in [4.69, 9.17) is 5.11 Å². The molecule has 1 heterocycles. The smallest absolute Gasteiger partial charge is 0.321 e. The van der Waals surface area contributed by atoms with Gasteiger partial charge in [-0.05, 0) is 19.8 Å². The fourth-order valence-electron chi connectivity index (χ4n) is 2.85. The summed E-state index contributed by atoms with van der Waals surface area (Å²) in [6.45, 7) is 1.68. The highest BCUT2D eigenvalue weighted by atomic mass is 32.2. The molecule has 1 aliphatic carbocycles. The lowest BCUT2D eigenvalue weighted by Crippen LogP contribution is -2.61. The third-order valence-electron chi connectivity index (χ3n) is 4.59. The molecule has 7 nitrogen and oxygen atoms in total. The van der Waals surface area contributed by atoms with Gasteiger partial charge in [0.1, 0.15) is 11.3 Å². The molecule has 0 radical (unpaired) electrons. The van der Waals surface area contributed by atoms with Gasteiger partial charge in [0.05, 0.1) is 0 Å². The Kier molecular flexibility index (Phi) is 4.57. The second-order valence-corrected chi connectivity index (χ2v) is 8.19. The van der Waals surface area contributed by atoms with E-state index in [1.54, 1.807) is 4.90 Å². The number of carboxylic acid groups (broad SMARTS) is 1. The fraction of sp³-hybridized carbons (Fsp3) is 0.846. The maximum atomic E-state index is 12.3. The molecule has 8 heteroatoms. The molecule has 0 aromatic heterocycles. The summed E-state index contributed by atoms with van der Waals surface area (Å²) in [4.78, 5) is 24.6. The van der Waals surface area contributed by atoms with Gasteiger partial charge in [0.15, 0.2) is 0 Å². The van der Waals surface area contributed by atoms with Crippen molar-refractivity contribution in [1.82, 2.24) is 9.21 Å². The average Bonchev–Trinajstić information content (AvgIpc) is 2.88. The molecule has 21 heavy (non-hydrogen) atoms. The van der Waals surface area contributed by atoms with Gasteiger partial charge in [0, 0.05) is 26.1 Å². The molecule has 1 unspecified atom stereocenters. The van der Waals surface area contributed by atoms with E-state index in [1.807, 2.05) is 0 Å². The molecule has 0 aromatic carbocycles. The van der Waals surface area contributed by atoms with Crippen LogP contribution in [-0.4, -0.2) is 66.0 Å². The van der Waals surface area contributed by atoms with Crippen LogP contribution >= 0.6 is 0 Å². The van der Waals surface area contributed by atoms with Crippen LogP contribution in [0.15, 0.2) is 0 Å². The van der Waals surface area contributed by atoms with Crippen LogP contribution in [-0.2, 0) is 19.6 Å². The molecule has 1 saturated carbocycles. The van der Waals surface area contributed by atoms with E-state index in [2.05, 4.69) is 0 Å². The molecule has 2 rings (SSSR count). The summed E-state index contributed by atoms with van der Waals surface area (Å²) in [6.07, 6.45) is 3.90. The Balaban J connectivity index is 1.93. The van der Waals surface area contributed by atoms with Crippen LogP contribution in [0.25, 0.3) is 0 Å². The molecule has 0 spiro atoms. The minimum Gasteiger partial charge on any atom is -0.480 e. The van der Waals surface area contributed by atoms with Crippen LogP contribution in [0.4, 0.5) is 0 Å². The van der Waals surface area contributed by atoms with Crippen LogP contribution in [0, 0.1) is 5.92 Å². The van der Waals surface area contributed by atoms with Crippen molar-refractivity contribution >= 4 is 21.9 Å². The zero-order valence-electron chi connectivity index (χ0n) is 12.4. The maximum Gasteiger partial charge on any atom is 0.321 e. The molecule has 2 fully saturated rings. The summed E-state index contributed by atoms with van der Waals surface area (Å²) in [5.41, 5.74) is 0. The molecule has 1 N–H and O–H groups in total. The largest absolute Gasteiger partial charge is 0.480 e. The fourth-order valence-corrected chi connectivity index (χ4v) is 4.59. The normalized spacial score (nSPS) is 22.3. The first-order valence-corrected chi connectivity index (χ1v) is 8.74. The summed E-state index contributed by atoms with van der Waals surface area (Å²) in [5, 5.41) is 8.22. The Bertz CT molecular complexity index is 521. The Morgan fingerprint density at radius 1 is 1.24 bits per heavy atom. The lowest BCUT2D eigenvalue weighted by molar-refractivity contribution is -0.141. The van der Waals surface area contributed by atoms with Gasteiger partial charge in [0.2, 0.25) is 15.9 Å². The maximum absolute atomic E-state index is 12.3. The van der Waals surface area contributed by atoms with Gasteiger partial charge in [-0.25, -0.2) is 8.42 Å². The number of amides is 1. The quantitative estimate of drug-likeness (QED) is 0.777. The number of sulfonamides is 1. The molecular weight excluding hydrogens is 296 g/mol. The first kappa shape index (κ1) is 16.2. The van der Waals surface area contributed by atoms with Crippen molar-refractivity contribution in [3.05, 3.63) is 0 Å². The van der Waals surface area contributed by atoms with Crippen molar-refractivity contribution < 1.29 is 23.1 Å². The van der Waals surface area contributed by atoms with Crippen LogP contribution in [0.1, 0.15) is 32.6 Å². The summed E-state index contributed by atoms with van der Waals surface area (Å²) in [6, 6.07) is -1.10. The Hall–Kier alpha value is -1.15. The van der Waals surface area contributed by atoms with Crippen molar-refractivity contribution in [1.29, 1.82) is 0 Å². The standard InChI is InChI=1S/C13H22N2O5S/c1-9(13(17)18)14(2)21(19,20)11-7-15(8-11)12(16)10-5-3-4-6-10/h9-11H,3-8H2,1-2H3,(H,17,18). The number of hydrogen-bond acceptors (Lipinski definition) is 4. The molecule has 0 bridgehead atoms. The zero-order chi connectivity index (χ0) is 15.8. The Morgan fingerprint density at radius 2 is 1.76 bits per heavy atom. The predicted molar refractivity (Wildman–Crippen MR) is 76.1 cm³/mol. The van der Waals surface area contributed by atoms with E-state index in [1.165, 1.54) is 14.0 Å². The third kappa shape index (κ3) is 3.06. The summed E-state index contributed by atoms with van der Waals surface area (Å²) in [5.74, 6) is -1.09. The predicted octanol–water partition coefficient (Wildman–Crippen LogP) is 0.122. The van der Waals surface area contributed by atoms with E-state index in [0.29, 0.717) is 0 Å². The second-order valence-electron chi connectivity index (χ2n) is 5.92. The van der Waals surface area contributed by atoms with Crippen LogP contribution in [0.3, 0.4) is 0 Å². The molecule has 1 atom stereocenters. The SMILES string of the molecule is CC(C(=O)O)N(C)S(=O)(=O)C1CN(C(=O)C2CCCC2)C1. The molecule has 120 valence electrons. The highest BCUT2D eigenvalue weighted by Gasteiger charge is 2.45. The topological polar surface area (TPSA) is 95.0 Å². The van der Waals surface area contributed by atoms with E-state index in [9.17, 15) is 18.0 Å². The van der Waals surface area contributed by atoms with Gasteiger partial charge < -0.3 is 10.0 Å². The van der Waals surface area contributed by atoms with Crippen molar-refractivity contribution in [3.63, 3.8) is 0 Å². The Labute approximate surface area is 125 Å². The first-order chi connectivity index (χ1) is 9.75. The molecule has 0 aromatic rings. The number of likely N-dealkylation sites (N-methyl/N-ethyl adjacent to an activating group) is 1. The summed E-state index contributed by atoms with van der Waals surface area (Å²) in [7, 11) is -2.40. The number of carboxylic acids is 1. The van der Waals surface area contributed by atoms with Gasteiger partial charge in [-0.15, -0.1) is 0 Å². The van der Waals surface area contributed by atoms with Gasteiger partial charge >= 0.3 is 5.97 Å². The van der Waals surface area contributed by atoms with E-state index >= 15 is 0 Å². The molecule has 1 amide bonds. The zero-order valence-corrected chi connectivity index (χ0v) is 13.2. The van der Waals surface area contributed by atoms with Crippen LogP contribution < -0.4 is 0 Å². The molecule has 1 saturated heterocycles. The highest BCUT2D eigenvalue weighted by Crippen LogP contribution is 2.30. The summed E-state index contributed by atoms with van der Waals surface area (Å²) >= 11 is 0. The van der Waals surface area contributed by atoms with Crippen LogP contribution in [0.2, 0.25) is 0 Å². The first-order valence-electron chi connectivity index (χ1n) is 7.23. The van der Waals surface area contributed by atoms with Crippen molar-refractivity contribution in [3.8, 4) is 0 Å². The number of likely N-dealkylation sites (tertiary alicyclic amines) is 1. The van der Waals surface area contributed by atoms with Gasteiger partial charge in [-0.1, -0.05) is 12.8 Å². The van der Waals surface area contributed by atoms with E-state index in [-0.39, 0.29) is 24.9 Å². The highest BCUT2D eigenvalue weighted by molar-refractivity contribution is 7.89. The van der Waals surface area contributed by atoms with Crippen LogP contribution in [0.5, 0.6) is 0 Å². The van der Waals surface area contributed by atoms with Crippen molar-refractivity contribution in [2.75, 3.05) is 20.1 Å². The van der Waals surface area contributed by atoms with E-state index < -0.39 is 27.3 Å². The number of nitrogens with zero attached hydrogens (tertiary/aromatic N) is 2. The van der Waals surface area contributed by atoms with Gasteiger partial charge in [-0.2, -0.15) is 4.31 Å². The van der Waals surface area contributed by atoms with Crippen molar-refractivity contribution in [2.24, 2.45) is 5.92 Å². The van der Waals surface area contributed by atoms with Crippen molar-refractivity contribution in [2.45, 2.75) is 43.9 Å². The number of aliphatic carboxylic acids is 1. The minimum absolute atomic E-state index is 0.0457. The minimum atomic E-state index is -3.68. The third-order valence-corrected chi connectivity index (χ3v) is 6.85. The second kappa shape index (κ2) is 5.92. The lowest BCUT2D eigenvalue weighted by Gasteiger charge is -2.41. The Morgan fingerprint density at radius 3 is 2.24 bits per heavy atom. The number of carbonyl (C=O) groups is 2. The molecular formula is C13H22N2O5S. The average molecular weight is 318 g/mol. The lowest BCUT2D eigenvalue weighted by atomic mass is 10.0. The number of rotatable bonds is 5. The number of hydrogen-bond donors (Lipinski definition) is 1. The summed E-state index contributed by atoms with van der Waals surface area (Å²) < 4.78 is 25.4. The molecule has 1 aliphatic heterocycles. The van der Waals surface area contributed by atoms with E-state index in [0.717, 1.165) is 30.0 Å².